The summed E-state index contributed by atoms with van der Waals surface area (Å²) in [5.41, 5.74) is 0.504. The normalized spacial score (nSPS) is 9.38. The van der Waals surface area contributed by atoms with Crippen LogP contribution in [0.25, 0.3) is 0 Å². The SMILES string of the molecule is C=C(C)N=CC(=C)OC(F)F.CC. The van der Waals surface area contributed by atoms with Gasteiger partial charge in [0.05, 0.1) is 6.21 Å². The van der Waals surface area contributed by atoms with Gasteiger partial charge in [0, 0.05) is 5.70 Å². The third kappa shape index (κ3) is 13.8. The molecule has 4 heteroatoms. The zero-order chi connectivity index (χ0) is 10.9. The second-order valence-corrected chi connectivity index (χ2v) is 1.84. The van der Waals surface area contributed by atoms with E-state index in [-0.39, 0.29) is 5.76 Å². The number of hydrogen-bond acceptors (Lipinski definition) is 2. The summed E-state index contributed by atoms with van der Waals surface area (Å²) in [6.45, 7) is 9.38. The van der Waals surface area contributed by atoms with Gasteiger partial charge in [0.1, 0.15) is 5.76 Å². The van der Waals surface area contributed by atoms with Gasteiger partial charge in [-0.25, -0.2) is 0 Å². The van der Waals surface area contributed by atoms with Gasteiger partial charge in [-0.3, -0.25) is 4.99 Å². The summed E-state index contributed by atoms with van der Waals surface area (Å²) in [6.07, 6.45) is 1.09. The van der Waals surface area contributed by atoms with Gasteiger partial charge >= 0.3 is 6.61 Å². The van der Waals surface area contributed by atoms with Gasteiger partial charge in [0.25, 0.3) is 0 Å². The first-order valence-electron chi connectivity index (χ1n) is 3.85. The largest absolute Gasteiger partial charge is 0.434 e. The first-order chi connectivity index (χ1) is 6.02. The van der Waals surface area contributed by atoms with Crippen LogP contribution >= 0.6 is 0 Å². The maximum Gasteiger partial charge on any atom is 0.387 e. The molecule has 0 aliphatic carbocycles. The standard InChI is InChI=1S/C7H9F2NO.C2H6/c1-5(2)10-4-6(3)11-7(8)9;1-2/h4,7H,1,3H2,2H3;1-2H3. The van der Waals surface area contributed by atoms with Crippen molar-refractivity contribution < 1.29 is 13.5 Å². The van der Waals surface area contributed by atoms with Gasteiger partial charge in [-0.2, -0.15) is 8.78 Å². The molecule has 0 bridgehead atoms. The minimum atomic E-state index is -2.85. The molecule has 0 aromatic heterocycles. The monoisotopic (exact) mass is 191 g/mol. The lowest BCUT2D eigenvalue weighted by atomic mass is 10.5. The van der Waals surface area contributed by atoms with Crippen LogP contribution in [0.2, 0.25) is 0 Å². The van der Waals surface area contributed by atoms with Crippen LogP contribution in [0.15, 0.2) is 29.6 Å². The Hall–Kier alpha value is -1.19. The van der Waals surface area contributed by atoms with Gasteiger partial charge in [-0.15, -0.1) is 0 Å². The van der Waals surface area contributed by atoms with Crippen molar-refractivity contribution in [2.45, 2.75) is 27.4 Å². The molecule has 0 spiro atoms. The second kappa shape index (κ2) is 8.90. The summed E-state index contributed by atoms with van der Waals surface area (Å²) in [4.78, 5) is 3.60. The van der Waals surface area contributed by atoms with Crippen LogP contribution in [0.4, 0.5) is 8.78 Å². The Morgan fingerprint density at radius 2 is 1.85 bits per heavy atom. The molecule has 0 aliphatic rings. The molecular formula is C9H15F2NO. The molecule has 0 unspecified atom stereocenters. The molecule has 0 saturated carbocycles. The molecule has 0 rings (SSSR count). The Morgan fingerprint density at radius 3 is 2.15 bits per heavy atom. The highest BCUT2D eigenvalue weighted by Crippen LogP contribution is 2.01. The van der Waals surface area contributed by atoms with E-state index in [0.717, 1.165) is 6.21 Å². The quantitative estimate of drug-likeness (QED) is 0.493. The highest BCUT2D eigenvalue weighted by atomic mass is 19.3. The van der Waals surface area contributed by atoms with Crippen molar-refractivity contribution in [2.24, 2.45) is 4.99 Å². The molecule has 0 N–H and O–H groups in total. The van der Waals surface area contributed by atoms with E-state index in [0.29, 0.717) is 5.70 Å². The molecule has 13 heavy (non-hydrogen) atoms. The number of nitrogens with zero attached hydrogens (tertiary/aromatic N) is 1. The first-order valence-corrected chi connectivity index (χ1v) is 3.85. The van der Waals surface area contributed by atoms with Crippen molar-refractivity contribution in [3.8, 4) is 0 Å². The van der Waals surface area contributed by atoms with Gasteiger partial charge in [0.15, 0.2) is 0 Å². The molecule has 0 saturated heterocycles. The summed E-state index contributed by atoms with van der Waals surface area (Å²) in [6, 6.07) is 0. The lowest BCUT2D eigenvalue weighted by molar-refractivity contribution is -0.0887. The number of alkyl halides is 2. The molecule has 0 aliphatic heterocycles. The van der Waals surface area contributed by atoms with Crippen LogP contribution in [-0.4, -0.2) is 12.8 Å². The zero-order valence-electron chi connectivity index (χ0n) is 8.18. The van der Waals surface area contributed by atoms with Crippen molar-refractivity contribution in [2.75, 3.05) is 0 Å². The van der Waals surface area contributed by atoms with Crippen LogP contribution in [0.3, 0.4) is 0 Å². The zero-order valence-corrected chi connectivity index (χ0v) is 8.18. The maximum absolute atomic E-state index is 11.4. The maximum atomic E-state index is 11.4. The van der Waals surface area contributed by atoms with Gasteiger partial charge in [-0.05, 0) is 6.92 Å². The van der Waals surface area contributed by atoms with Gasteiger partial charge in [-0.1, -0.05) is 27.0 Å². The van der Waals surface area contributed by atoms with Gasteiger partial charge < -0.3 is 4.74 Å². The Kier molecular flexibility index (Phi) is 9.82. The topological polar surface area (TPSA) is 21.6 Å². The predicted octanol–water partition coefficient (Wildman–Crippen LogP) is 3.37. The molecule has 0 aromatic rings. The third-order valence-corrected chi connectivity index (χ3v) is 0.669. The molecule has 0 aromatic carbocycles. The highest BCUT2D eigenvalue weighted by Gasteiger charge is 2.01. The lowest BCUT2D eigenvalue weighted by Gasteiger charge is -2.00. The minimum absolute atomic E-state index is 0.178. The number of allylic oxidation sites excluding steroid dienone is 2. The van der Waals surface area contributed by atoms with Crippen LogP contribution in [0, 0.1) is 0 Å². The van der Waals surface area contributed by atoms with E-state index in [1.54, 1.807) is 6.92 Å². The molecule has 76 valence electrons. The summed E-state index contributed by atoms with van der Waals surface area (Å²) in [5.74, 6) is -0.178. The number of aliphatic imine (C=N–C) groups is 1. The second-order valence-electron chi connectivity index (χ2n) is 1.84. The Labute approximate surface area is 77.6 Å². The van der Waals surface area contributed by atoms with Crippen molar-refractivity contribution in [3.63, 3.8) is 0 Å². The number of hydrogen-bond donors (Lipinski definition) is 0. The molecule has 0 radical (unpaired) electrons. The summed E-state index contributed by atoms with van der Waals surface area (Å²) < 4.78 is 26.8. The van der Waals surface area contributed by atoms with Crippen LogP contribution in [0.1, 0.15) is 20.8 Å². The Balaban J connectivity index is 0. The Morgan fingerprint density at radius 1 is 1.38 bits per heavy atom. The minimum Gasteiger partial charge on any atom is -0.434 e. The van der Waals surface area contributed by atoms with Crippen molar-refractivity contribution >= 4 is 6.21 Å². The lowest BCUT2D eigenvalue weighted by Crippen LogP contribution is -1.98. The average molecular weight is 191 g/mol. The van der Waals surface area contributed by atoms with Crippen molar-refractivity contribution in [1.29, 1.82) is 0 Å². The van der Waals surface area contributed by atoms with Crippen LogP contribution in [0.5, 0.6) is 0 Å². The molecular weight excluding hydrogens is 176 g/mol. The van der Waals surface area contributed by atoms with Gasteiger partial charge in [0.2, 0.25) is 0 Å². The van der Waals surface area contributed by atoms with E-state index in [2.05, 4.69) is 22.9 Å². The van der Waals surface area contributed by atoms with Crippen LogP contribution < -0.4 is 0 Å². The third-order valence-electron chi connectivity index (χ3n) is 0.669. The summed E-state index contributed by atoms with van der Waals surface area (Å²) >= 11 is 0. The van der Waals surface area contributed by atoms with E-state index in [4.69, 9.17) is 0 Å². The molecule has 0 fully saturated rings. The van der Waals surface area contributed by atoms with E-state index in [9.17, 15) is 8.78 Å². The van der Waals surface area contributed by atoms with E-state index in [1.165, 1.54) is 0 Å². The number of rotatable bonds is 4. The summed E-state index contributed by atoms with van der Waals surface area (Å²) in [7, 11) is 0. The van der Waals surface area contributed by atoms with E-state index in [1.807, 2.05) is 13.8 Å². The first kappa shape index (κ1) is 14.3. The molecule has 2 nitrogen and oxygen atoms in total. The number of halogens is 2. The summed E-state index contributed by atoms with van der Waals surface area (Å²) in [5, 5.41) is 0. The fourth-order valence-corrected chi connectivity index (χ4v) is 0.327. The van der Waals surface area contributed by atoms with E-state index < -0.39 is 6.61 Å². The fourth-order valence-electron chi connectivity index (χ4n) is 0.327. The number of ether oxygens (including phenoxy) is 1. The fraction of sp³-hybridized carbons (Fsp3) is 0.444. The van der Waals surface area contributed by atoms with Crippen LogP contribution in [-0.2, 0) is 4.74 Å². The van der Waals surface area contributed by atoms with Crippen molar-refractivity contribution in [3.05, 3.63) is 24.6 Å². The molecule has 0 heterocycles. The smallest absolute Gasteiger partial charge is 0.387 e. The van der Waals surface area contributed by atoms with E-state index >= 15 is 0 Å². The Bertz CT molecular complexity index is 188. The molecule has 0 atom stereocenters. The van der Waals surface area contributed by atoms with Crippen molar-refractivity contribution in [1.82, 2.24) is 0 Å². The average Bonchev–Trinajstić information content (AvgIpc) is 2.03. The highest BCUT2D eigenvalue weighted by molar-refractivity contribution is 5.75. The predicted molar refractivity (Wildman–Crippen MR) is 50.9 cm³/mol. The molecule has 0 amide bonds.